The lowest BCUT2D eigenvalue weighted by Crippen LogP contribution is -2.40. The number of benzene rings is 1. The first-order valence-corrected chi connectivity index (χ1v) is 10.5. The fourth-order valence-corrected chi connectivity index (χ4v) is 4.29. The summed E-state index contributed by atoms with van der Waals surface area (Å²) in [7, 11) is 0. The molecule has 8 nitrogen and oxygen atoms in total. The van der Waals surface area contributed by atoms with Gasteiger partial charge in [-0.25, -0.2) is 0 Å². The Morgan fingerprint density at radius 3 is 2.89 bits per heavy atom. The van der Waals surface area contributed by atoms with Crippen molar-refractivity contribution in [2.24, 2.45) is 0 Å². The lowest BCUT2D eigenvalue weighted by Gasteiger charge is -2.27. The van der Waals surface area contributed by atoms with Crippen LogP contribution in [-0.4, -0.2) is 51.8 Å². The number of likely N-dealkylation sites (tertiary alicyclic amines) is 1. The fraction of sp³-hybridized carbons (Fsp3) is 0.474. The minimum atomic E-state index is -0.231. The van der Waals surface area contributed by atoms with Gasteiger partial charge in [-0.2, -0.15) is 0 Å². The topological polar surface area (TPSA) is 91.6 Å². The van der Waals surface area contributed by atoms with E-state index in [2.05, 4.69) is 20.4 Å². The second kappa shape index (κ2) is 8.32. The molecule has 28 heavy (non-hydrogen) atoms. The summed E-state index contributed by atoms with van der Waals surface area (Å²) in [6.07, 6.45) is 2.67. The molecule has 0 radical (unpaired) electrons. The molecule has 0 aliphatic carbocycles. The monoisotopic (exact) mass is 401 g/mol. The van der Waals surface area contributed by atoms with Gasteiger partial charge in [-0.1, -0.05) is 23.9 Å². The van der Waals surface area contributed by atoms with E-state index in [0.29, 0.717) is 29.0 Å². The Kier molecular flexibility index (Phi) is 5.63. The number of carbonyl (C=O) groups excluding carboxylic acids is 2. The van der Waals surface area contributed by atoms with E-state index in [1.807, 2.05) is 25.1 Å². The molecule has 0 saturated carbocycles. The molecule has 1 fully saturated rings. The Morgan fingerprint density at radius 1 is 1.29 bits per heavy atom. The van der Waals surface area contributed by atoms with Crippen molar-refractivity contribution >= 4 is 35.0 Å². The van der Waals surface area contributed by atoms with Crippen molar-refractivity contribution in [3.8, 4) is 0 Å². The molecular formula is C19H23N5O3S. The third-order valence-corrected chi connectivity index (χ3v) is 5.76. The summed E-state index contributed by atoms with van der Waals surface area (Å²) in [4.78, 5) is 29.0. The van der Waals surface area contributed by atoms with Crippen LogP contribution in [0.3, 0.4) is 0 Å². The number of hydrogen-bond donors (Lipinski definition) is 1. The molecule has 1 unspecified atom stereocenters. The number of nitrogens with zero attached hydrogens (tertiary/aromatic N) is 4. The summed E-state index contributed by atoms with van der Waals surface area (Å²) >= 11 is 1.23. The molecule has 2 aromatic rings. The van der Waals surface area contributed by atoms with Crippen LogP contribution in [0.1, 0.15) is 32.1 Å². The molecule has 1 atom stereocenters. The maximum Gasteiger partial charge on any atom is 0.277 e. The molecule has 2 amide bonds. The molecule has 148 valence electrons. The van der Waals surface area contributed by atoms with Crippen molar-refractivity contribution in [2.45, 2.75) is 44.0 Å². The van der Waals surface area contributed by atoms with E-state index in [1.165, 1.54) is 24.6 Å². The summed E-state index contributed by atoms with van der Waals surface area (Å²) < 4.78 is 5.68. The first-order chi connectivity index (χ1) is 13.6. The van der Waals surface area contributed by atoms with Crippen molar-refractivity contribution in [2.75, 3.05) is 29.1 Å². The zero-order valence-corrected chi connectivity index (χ0v) is 16.6. The van der Waals surface area contributed by atoms with Gasteiger partial charge in [-0.05, 0) is 45.0 Å². The zero-order valence-electron chi connectivity index (χ0n) is 15.8. The Labute approximate surface area is 167 Å². The number of rotatable bonds is 5. The molecule has 9 heteroatoms. The van der Waals surface area contributed by atoms with Crippen LogP contribution in [0.2, 0.25) is 0 Å². The van der Waals surface area contributed by atoms with Gasteiger partial charge in [0.2, 0.25) is 17.7 Å². The molecule has 1 aromatic heterocycles. The van der Waals surface area contributed by atoms with Gasteiger partial charge < -0.3 is 14.6 Å². The number of amides is 2. The highest BCUT2D eigenvalue weighted by Gasteiger charge is 2.29. The van der Waals surface area contributed by atoms with Crippen LogP contribution >= 0.6 is 11.8 Å². The number of hydrogen-bond acceptors (Lipinski definition) is 7. The highest BCUT2D eigenvalue weighted by molar-refractivity contribution is 7.99. The van der Waals surface area contributed by atoms with Gasteiger partial charge >= 0.3 is 0 Å². The maximum absolute atomic E-state index is 13.0. The summed E-state index contributed by atoms with van der Waals surface area (Å²) in [5, 5.41) is 11.4. The van der Waals surface area contributed by atoms with Gasteiger partial charge in [0.25, 0.3) is 5.22 Å². The predicted molar refractivity (Wildman–Crippen MR) is 106 cm³/mol. The number of thioether (sulfide) groups is 1. The van der Waals surface area contributed by atoms with Gasteiger partial charge in [0.1, 0.15) is 0 Å². The number of aromatic nitrogens is 2. The van der Waals surface area contributed by atoms with Crippen LogP contribution in [0.25, 0.3) is 0 Å². The van der Waals surface area contributed by atoms with Gasteiger partial charge in [0, 0.05) is 12.5 Å². The highest BCUT2D eigenvalue weighted by Crippen LogP contribution is 2.32. The Bertz CT molecular complexity index is 865. The molecule has 4 rings (SSSR count). The quantitative estimate of drug-likeness (QED) is 0.770. The first-order valence-electron chi connectivity index (χ1n) is 9.48. The second-order valence-electron chi connectivity index (χ2n) is 7.12. The SMILES string of the molecule is CC1CC(=O)Nc2ccccc2N1C(=O)CSc1nnc(CN2CCCC2)o1. The minimum absolute atomic E-state index is 0.0913. The molecule has 0 bridgehead atoms. The third kappa shape index (κ3) is 4.20. The van der Waals surface area contributed by atoms with Crippen molar-refractivity contribution in [1.29, 1.82) is 0 Å². The van der Waals surface area contributed by atoms with E-state index in [-0.39, 0.29) is 30.0 Å². The molecule has 1 aromatic carbocycles. The van der Waals surface area contributed by atoms with Crippen LogP contribution in [0, 0.1) is 0 Å². The van der Waals surface area contributed by atoms with Crippen molar-refractivity contribution in [1.82, 2.24) is 15.1 Å². The predicted octanol–water partition coefficient (Wildman–Crippen LogP) is 2.52. The summed E-state index contributed by atoms with van der Waals surface area (Å²) in [5.41, 5.74) is 1.37. The third-order valence-electron chi connectivity index (χ3n) is 4.95. The highest BCUT2D eigenvalue weighted by atomic mass is 32.2. The van der Waals surface area contributed by atoms with E-state index in [9.17, 15) is 9.59 Å². The smallest absolute Gasteiger partial charge is 0.277 e. The lowest BCUT2D eigenvalue weighted by atomic mass is 10.2. The average molecular weight is 401 g/mol. The summed E-state index contributed by atoms with van der Waals surface area (Å²) in [6.45, 7) is 4.65. The van der Waals surface area contributed by atoms with Crippen LogP contribution in [-0.2, 0) is 16.1 Å². The number of anilines is 2. The Balaban J connectivity index is 1.42. The number of carbonyl (C=O) groups is 2. The standard InChI is InChI=1S/C19H23N5O3S/c1-13-10-16(25)20-14-6-2-3-7-15(14)24(13)18(26)12-28-19-22-21-17(27-19)11-23-8-4-5-9-23/h2-3,6-7,13H,4-5,8-12H2,1H3,(H,20,25). The number of nitrogens with one attached hydrogen (secondary N) is 1. The molecular weight excluding hydrogens is 378 g/mol. The Hall–Kier alpha value is -2.39. The molecule has 3 heterocycles. The summed E-state index contributed by atoms with van der Waals surface area (Å²) in [6, 6.07) is 7.12. The minimum Gasteiger partial charge on any atom is -0.415 e. The molecule has 2 aliphatic heterocycles. The van der Waals surface area contributed by atoms with Gasteiger partial charge in [0.05, 0.1) is 23.7 Å². The normalized spacial score (nSPS) is 20.0. The Morgan fingerprint density at radius 2 is 2.07 bits per heavy atom. The average Bonchev–Trinajstić information content (AvgIpc) is 3.31. The van der Waals surface area contributed by atoms with Gasteiger partial charge in [-0.3, -0.25) is 14.5 Å². The molecule has 2 aliphatic rings. The van der Waals surface area contributed by atoms with Gasteiger partial charge in [-0.15, -0.1) is 10.2 Å². The lowest BCUT2D eigenvalue weighted by molar-refractivity contribution is -0.117. The van der Waals surface area contributed by atoms with E-state index in [4.69, 9.17) is 4.42 Å². The summed E-state index contributed by atoms with van der Waals surface area (Å²) in [5.74, 6) is 0.560. The van der Waals surface area contributed by atoms with Crippen LogP contribution < -0.4 is 10.2 Å². The number of fused-ring (bicyclic) bond motifs is 1. The first kappa shape index (κ1) is 18.9. The second-order valence-corrected chi connectivity index (χ2v) is 8.04. The molecule has 1 N–H and O–H groups in total. The van der Waals surface area contributed by atoms with E-state index >= 15 is 0 Å². The van der Waals surface area contributed by atoms with E-state index in [0.717, 1.165) is 13.1 Å². The van der Waals surface area contributed by atoms with Crippen LogP contribution in [0.5, 0.6) is 0 Å². The van der Waals surface area contributed by atoms with Crippen LogP contribution in [0.4, 0.5) is 11.4 Å². The van der Waals surface area contributed by atoms with Crippen molar-refractivity contribution < 1.29 is 14.0 Å². The molecule has 1 saturated heterocycles. The van der Waals surface area contributed by atoms with Gasteiger partial charge in [0.15, 0.2) is 0 Å². The van der Waals surface area contributed by atoms with Crippen molar-refractivity contribution in [3.05, 3.63) is 30.2 Å². The zero-order chi connectivity index (χ0) is 19.5. The number of para-hydroxylation sites is 2. The largest absolute Gasteiger partial charge is 0.415 e. The van der Waals surface area contributed by atoms with E-state index < -0.39 is 0 Å². The fourth-order valence-electron chi connectivity index (χ4n) is 3.65. The molecule has 0 spiro atoms. The maximum atomic E-state index is 13.0. The van der Waals surface area contributed by atoms with Crippen molar-refractivity contribution in [3.63, 3.8) is 0 Å². The van der Waals surface area contributed by atoms with Crippen LogP contribution in [0.15, 0.2) is 33.9 Å². The van der Waals surface area contributed by atoms with E-state index in [1.54, 1.807) is 11.0 Å².